The smallest absolute Gasteiger partial charge is 0.153 e. The first-order valence-electron chi connectivity index (χ1n) is 5.16. The average molecular weight is 282 g/mol. The fourth-order valence-corrected chi connectivity index (χ4v) is 3.98. The maximum atomic E-state index is 11.3. The fourth-order valence-electron chi connectivity index (χ4n) is 1.76. The van der Waals surface area contributed by atoms with Crippen LogP contribution in [0.2, 0.25) is 0 Å². The monoisotopic (exact) mass is 282 g/mol. The average Bonchev–Trinajstić information content (AvgIpc) is 2.65. The van der Waals surface area contributed by atoms with E-state index in [9.17, 15) is 8.42 Å². The topological polar surface area (TPSA) is 111 Å². The highest BCUT2D eigenvalue weighted by Crippen LogP contribution is 2.37. The highest BCUT2D eigenvalue weighted by atomic mass is 32.2. The summed E-state index contributed by atoms with van der Waals surface area (Å²) < 4.78 is 22.7. The van der Waals surface area contributed by atoms with E-state index in [0.29, 0.717) is 23.0 Å². The Labute approximate surface area is 109 Å². The van der Waals surface area contributed by atoms with E-state index in [-0.39, 0.29) is 22.8 Å². The van der Waals surface area contributed by atoms with Crippen molar-refractivity contribution in [2.75, 3.05) is 35.2 Å². The van der Waals surface area contributed by atoms with Gasteiger partial charge in [-0.2, -0.15) is 10.5 Å². The number of nitriles is 2. The van der Waals surface area contributed by atoms with E-state index in [1.54, 1.807) is 0 Å². The number of nitrogens with two attached hydrogens (primary N) is 1. The first kappa shape index (κ1) is 12.7. The van der Waals surface area contributed by atoms with Gasteiger partial charge in [-0.25, -0.2) is 8.42 Å². The number of rotatable bonds is 1. The van der Waals surface area contributed by atoms with Crippen LogP contribution in [0.15, 0.2) is 0 Å². The molecule has 0 saturated carbocycles. The van der Waals surface area contributed by atoms with Gasteiger partial charge in [0.1, 0.15) is 27.6 Å². The molecule has 2 rings (SSSR count). The second-order valence-electron chi connectivity index (χ2n) is 3.89. The number of hydrogen-bond acceptors (Lipinski definition) is 7. The van der Waals surface area contributed by atoms with E-state index < -0.39 is 9.84 Å². The van der Waals surface area contributed by atoms with Gasteiger partial charge in [0, 0.05) is 13.1 Å². The van der Waals surface area contributed by atoms with Gasteiger partial charge in [-0.05, 0) is 0 Å². The Balaban J connectivity index is 2.36. The SMILES string of the molecule is N#Cc1sc(N2CCS(=O)(=O)CC2)c(C#N)c1N. The Kier molecular flexibility index (Phi) is 3.16. The number of nitrogen functional groups attached to an aromatic ring is 1. The number of nitrogens with zero attached hydrogens (tertiary/aromatic N) is 3. The van der Waals surface area contributed by atoms with Crippen LogP contribution in [0.1, 0.15) is 10.4 Å². The molecule has 0 amide bonds. The van der Waals surface area contributed by atoms with Crippen LogP contribution in [0.25, 0.3) is 0 Å². The molecule has 6 nitrogen and oxygen atoms in total. The number of sulfone groups is 1. The minimum atomic E-state index is -2.97. The van der Waals surface area contributed by atoms with Crippen molar-refractivity contribution in [3.8, 4) is 12.1 Å². The van der Waals surface area contributed by atoms with Gasteiger partial charge in [0.2, 0.25) is 0 Å². The number of anilines is 2. The lowest BCUT2D eigenvalue weighted by Crippen LogP contribution is -2.40. The lowest BCUT2D eigenvalue weighted by Gasteiger charge is -2.27. The van der Waals surface area contributed by atoms with Crippen molar-refractivity contribution in [1.82, 2.24) is 0 Å². The molecule has 1 aromatic heterocycles. The van der Waals surface area contributed by atoms with E-state index in [0.717, 1.165) is 11.3 Å². The number of hydrogen-bond donors (Lipinski definition) is 1. The van der Waals surface area contributed by atoms with Crippen molar-refractivity contribution in [3.05, 3.63) is 10.4 Å². The standard InChI is InChI=1S/C10H10N4O2S2/c11-5-7-9(13)8(6-12)17-10(7)14-1-3-18(15,16)4-2-14/h1-4,13H2. The zero-order valence-corrected chi connectivity index (χ0v) is 11.0. The predicted molar refractivity (Wildman–Crippen MR) is 69.0 cm³/mol. The van der Waals surface area contributed by atoms with Gasteiger partial charge in [-0.15, -0.1) is 11.3 Å². The molecule has 1 aliphatic rings. The Hall–Kier alpha value is -1.77. The Bertz CT molecular complexity index is 649. The summed E-state index contributed by atoms with van der Waals surface area (Å²) in [7, 11) is -2.97. The summed E-state index contributed by atoms with van der Waals surface area (Å²) in [5, 5.41) is 18.6. The molecule has 1 saturated heterocycles. The lowest BCUT2D eigenvalue weighted by atomic mass is 10.2. The molecule has 94 valence electrons. The van der Waals surface area contributed by atoms with Gasteiger partial charge >= 0.3 is 0 Å². The summed E-state index contributed by atoms with van der Waals surface area (Å²) in [6.45, 7) is 0.670. The van der Waals surface area contributed by atoms with Crippen molar-refractivity contribution in [2.24, 2.45) is 0 Å². The van der Waals surface area contributed by atoms with E-state index in [1.165, 1.54) is 0 Å². The fraction of sp³-hybridized carbons (Fsp3) is 0.400. The lowest BCUT2D eigenvalue weighted by molar-refractivity contribution is 0.587. The summed E-state index contributed by atoms with van der Waals surface area (Å²) in [5.74, 6) is 0.134. The van der Waals surface area contributed by atoms with Crippen molar-refractivity contribution < 1.29 is 8.42 Å². The third-order valence-corrected chi connectivity index (χ3v) is 5.55. The van der Waals surface area contributed by atoms with Crippen LogP contribution >= 0.6 is 11.3 Å². The zero-order valence-electron chi connectivity index (χ0n) is 9.38. The minimum Gasteiger partial charge on any atom is -0.396 e. The second kappa shape index (κ2) is 4.48. The van der Waals surface area contributed by atoms with E-state index in [2.05, 4.69) is 0 Å². The first-order valence-corrected chi connectivity index (χ1v) is 7.80. The van der Waals surface area contributed by atoms with Gasteiger partial charge in [0.15, 0.2) is 9.84 Å². The molecular formula is C10H10N4O2S2. The Morgan fingerprint density at radius 2 is 1.83 bits per heavy atom. The van der Waals surface area contributed by atoms with Crippen LogP contribution in [-0.2, 0) is 9.84 Å². The highest BCUT2D eigenvalue weighted by Gasteiger charge is 2.26. The summed E-state index contributed by atoms with van der Waals surface area (Å²) in [6.07, 6.45) is 0. The molecule has 0 bridgehead atoms. The largest absolute Gasteiger partial charge is 0.396 e. The van der Waals surface area contributed by atoms with Crippen LogP contribution in [-0.4, -0.2) is 33.0 Å². The zero-order chi connectivity index (χ0) is 13.3. The highest BCUT2D eigenvalue weighted by molar-refractivity contribution is 7.91. The molecule has 1 aromatic rings. The van der Waals surface area contributed by atoms with Crippen LogP contribution in [0.5, 0.6) is 0 Å². The van der Waals surface area contributed by atoms with Crippen molar-refractivity contribution in [3.63, 3.8) is 0 Å². The van der Waals surface area contributed by atoms with E-state index >= 15 is 0 Å². The van der Waals surface area contributed by atoms with Gasteiger partial charge in [-0.1, -0.05) is 0 Å². The normalized spacial score (nSPS) is 18.0. The molecule has 18 heavy (non-hydrogen) atoms. The Morgan fingerprint density at radius 3 is 2.33 bits per heavy atom. The number of thiophene rings is 1. The summed E-state index contributed by atoms with van der Waals surface area (Å²) >= 11 is 1.14. The molecule has 0 atom stereocenters. The summed E-state index contributed by atoms with van der Waals surface area (Å²) in [6, 6.07) is 3.92. The van der Waals surface area contributed by atoms with Crippen molar-refractivity contribution in [1.29, 1.82) is 10.5 Å². The van der Waals surface area contributed by atoms with Crippen molar-refractivity contribution in [2.45, 2.75) is 0 Å². The third kappa shape index (κ3) is 2.13. The van der Waals surface area contributed by atoms with E-state index in [1.807, 2.05) is 17.0 Å². The molecule has 2 N–H and O–H groups in total. The van der Waals surface area contributed by atoms with Crippen molar-refractivity contribution >= 4 is 31.9 Å². The minimum absolute atomic E-state index is 0.0670. The van der Waals surface area contributed by atoms with Gasteiger partial charge < -0.3 is 10.6 Å². The molecule has 1 fully saturated rings. The first-order chi connectivity index (χ1) is 8.48. The summed E-state index contributed by atoms with van der Waals surface area (Å²) in [4.78, 5) is 2.11. The summed E-state index contributed by atoms with van der Waals surface area (Å²) in [5.41, 5.74) is 6.17. The van der Waals surface area contributed by atoms with Gasteiger partial charge in [0.05, 0.1) is 17.2 Å². The predicted octanol–water partition coefficient (Wildman–Crippen LogP) is 0.308. The molecule has 8 heteroatoms. The molecular weight excluding hydrogens is 272 g/mol. The molecule has 2 heterocycles. The maximum absolute atomic E-state index is 11.3. The van der Waals surface area contributed by atoms with Crippen LogP contribution in [0.4, 0.5) is 10.7 Å². The second-order valence-corrected chi connectivity index (χ2v) is 7.19. The van der Waals surface area contributed by atoms with Crippen LogP contribution in [0.3, 0.4) is 0 Å². The molecule has 0 unspecified atom stereocenters. The third-order valence-electron chi connectivity index (χ3n) is 2.77. The molecule has 0 spiro atoms. The van der Waals surface area contributed by atoms with Gasteiger partial charge in [-0.3, -0.25) is 0 Å². The quantitative estimate of drug-likeness (QED) is 0.793. The van der Waals surface area contributed by atoms with Gasteiger partial charge in [0.25, 0.3) is 0 Å². The maximum Gasteiger partial charge on any atom is 0.153 e. The molecule has 0 radical (unpaired) electrons. The molecule has 1 aliphatic heterocycles. The van der Waals surface area contributed by atoms with E-state index in [4.69, 9.17) is 16.3 Å². The Morgan fingerprint density at radius 1 is 1.22 bits per heavy atom. The van der Waals surface area contributed by atoms with Crippen LogP contribution < -0.4 is 10.6 Å². The molecule has 0 aromatic carbocycles. The van der Waals surface area contributed by atoms with Crippen LogP contribution in [0, 0.1) is 22.7 Å². The molecule has 0 aliphatic carbocycles.